The molecule has 0 aliphatic heterocycles. The van der Waals surface area contributed by atoms with Crippen LogP contribution in [0.2, 0.25) is 0 Å². The summed E-state index contributed by atoms with van der Waals surface area (Å²) >= 11 is 0. The highest BCUT2D eigenvalue weighted by atomic mass is 15.3. The Morgan fingerprint density at radius 1 is 1.28 bits per heavy atom. The molecular formula is C15H21N3. The molecule has 0 radical (unpaired) electrons. The van der Waals surface area contributed by atoms with E-state index in [1.165, 1.54) is 11.1 Å². The van der Waals surface area contributed by atoms with Crippen molar-refractivity contribution in [2.24, 2.45) is 7.05 Å². The summed E-state index contributed by atoms with van der Waals surface area (Å²) in [5.74, 6) is 0. The van der Waals surface area contributed by atoms with Gasteiger partial charge in [0, 0.05) is 24.8 Å². The topological polar surface area (TPSA) is 29.9 Å². The van der Waals surface area contributed by atoms with Crippen molar-refractivity contribution in [1.29, 1.82) is 0 Å². The zero-order valence-electron chi connectivity index (χ0n) is 11.4. The Kier molecular flexibility index (Phi) is 4.15. The summed E-state index contributed by atoms with van der Waals surface area (Å²) < 4.78 is 1.92. The van der Waals surface area contributed by atoms with E-state index in [2.05, 4.69) is 54.6 Å². The molecule has 0 fully saturated rings. The molecule has 0 aliphatic rings. The van der Waals surface area contributed by atoms with Crippen LogP contribution in [0.5, 0.6) is 0 Å². The molecule has 1 heterocycles. The minimum atomic E-state index is 0.357. The highest BCUT2D eigenvalue weighted by Gasteiger charge is 2.12. The molecule has 0 amide bonds. The van der Waals surface area contributed by atoms with Crippen molar-refractivity contribution in [2.75, 3.05) is 6.54 Å². The summed E-state index contributed by atoms with van der Waals surface area (Å²) in [5.41, 5.74) is 3.75. The Morgan fingerprint density at radius 3 is 2.72 bits per heavy atom. The summed E-state index contributed by atoms with van der Waals surface area (Å²) in [5, 5.41) is 7.79. The monoisotopic (exact) mass is 243 g/mol. The van der Waals surface area contributed by atoms with Gasteiger partial charge in [-0.2, -0.15) is 5.10 Å². The normalized spacial score (nSPS) is 12.6. The van der Waals surface area contributed by atoms with Gasteiger partial charge in [0.2, 0.25) is 0 Å². The van der Waals surface area contributed by atoms with E-state index in [4.69, 9.17) is 0 Å². The van der Waals surface area contributed by atoms with Crippen molar-refractivity contribution in [1.82, 2.24) is 15.1 Å². The Balaban J connectivity index is 2.34. The standard InChI is InChI=1S/C15H21N3/c1-4-10-16-12(2)13-7-5-6-8-14(13)15-9-11-17-18(15)3/h5-9,11-12,16H,4,10H2,1-3H3. The molecule has 1 N–H and O–H groups in total. The first kappa shape index (κ1) is 12.8. The highest BCUT2D eigenvalue weighted by Crippen LogP contribution is 2.27. The van der Waals surface area contributed by atoms with Crippen molar-refractivity contribution < 1.29 is 0 Å². The first-order valence-corrected chi connectivity index (χ1v) is 6.54. The predicted octanol–water partition coefficient (Wildman–Crippen LogP) is 3.15. The maximum Gasteiger partial charge on any atom is 0.0682 e. The minimum absolute atomic E-state index is 0.357. The largest absolute Gasteiger partial charge is 0.310 e. The molecule has 1 unspecified atom stereocenters. The van der Waals surface area contributed by atoms with Crippen LogP contribution in [-0.4, -0.2) is 16.3 Å². The summed E-state index contributed by atoms with van der Waals surface area (Å²) in [6.45, 7) is 5.44. The fourth-order valence-electron chi connectivity index (χ4n) is 2.22. The van der Waals surface area contributed by atoms with Gasteiger partial charge >= 0.3 is 0 Å². The second-order valence-corrected chi connectivity index (χ2v) is 4.60. The van der Waals surface area contributed by atoms with Crippen molar-refractivity contribution in [3.63, 3.8) is 0 Å². The average molecular weight is 243 g/mol. The van der Waals surface area contributed by atoms with Crippen LogP contribution in [0, 0.1) is 0 Å². The van der Waals surface area contributed by atoms with E-state index in [-0.39, 0.29) is 0 Å². The van der Waals surface area contributed by atoms with E-state index in [1.807, 2.05) is 17.9 Å². The number of nitrogens with zero attached hydrogens (tertiary/aromatic N) is 2. The molecule has 3 heteroatoms. The number of rotatable bonds is 5. The second-order valence-electron chi connectivity index (χ2n) is 4.60. The van der Waals surface area contributed by atoms with Gasteiger partial charge in [-0.3, -0.25) is 4.68 Å². The van der Waals surface area contributed by atoms with Crippen LogP contribution in [0.3, 0.4) is 0 Å². The molecule has 1 aromatic heterocycles. The van der Waals surface area contributed by atoms with Gasteiger partial charge in [0.25, 0.3) is 0 Å². The van der Waals surface area contributed by atoms with Gasteiger partial charge in [-0.15, -0.1) is 0 Å². The van der Waals surface area contributed by atoms with Crippen molar-refractivity contribution in [2.45, 2.75) is 26.3 Å². The predicted molar refractivity (Wildman–Crippen MR) is 75.4 cm³/mol. The van der Waals surface area contributed by atoms with E-state index in [1.54, 1.807) is 0 Å². The van der Waals surface area contributed by atoms with Gasteiger partial charge in [-0.05, 0) is 31.5 Å². The number of hydrogen-bond donors (Lipinski definition) is 1. The molecule has 0 saturated heterocycles. The molecule has 2 aromatic rings. The third-order valence-corrected chi connectivity index (χ3v) is 3.22. The molecule has 0 bridgehead atoms. The number of nitrogens with one attached hydrogen (secondary N) is 1. The lowest BCUT2D eigenvalue weighted by molar-refractivity contribution is 0.571. The molecule has 18 heavy (non-hydrogen) atoms. The van der Waals surface area contributed by atoms with Crippen molar-refractivity contribution in [3.8, 4) is 11.3 Å². The molecule has 96 valence electrons. The number of benzene rings is 1. The maximum atomic E-state index is 4.25. The Labute approximate surface area is 109 Å². The first-order chi connectivity index (χ1) is 8.74. The smallest absolute Gasteiger partial charge is 0.0682 e. The van der Waals surface area contributed by atoms with E-state index in [0.29, 0.717) is 6.04 Å². The zero-order valence-corrected chi connectivity index (χ0v) is 11.4. The third kappa shape index (κ3) is 2.62. The lowest BCUT2D eigenvalue weighted by atomic mass is 9.99. The summed E-state index contributed by atoms with van der Waals surface area (Å²) in [4.78, 5) is 0. The molecule has 0 saturated carbocycles. The quantitative estimate of drug-likeness (QED) is 0.874. The molecule has 0 spiro atoms. The molecular weight excluding hydrogens is 222 g/mol. The summed E-state index contributed by atoms with van der Waals surface area (Å²) in [6.07, 6.45) is 2.99. The number of aryl methyl sites for hydroxylation is 1. The minimum Gasteiger partial charge on any atom is -0.310 e. The first-order valence-electron chi connectivity index (χ1n) is 6.54. The zero-order chi connectivity index (χ0) is 13.0. The second kappa shape index (κ2) is 5.83. The number of aromatic nitrogens is 2. The Hall–Kier alpha value is -1.61. The SMILES string of the molecule is CCCNC(C)c1ccccc1-c1ccnn1C. The van der Waals surface area contributed by atoms with Gasteiger partial charge in [0.05, 0.1) is 5.69 Å². The van der Waals surface area contributed by atoms with Crippen LogP contribution in [-0.2, 0) is 7.05 Å². The average Bonchev–Trinajstić information content (AvgIpc) is 2.82. The lowest BCUT2D eigenvalue weighted by Crippen LogP contribution is -2.20. The number of hydrogen-bond acceptors (Lipinski definition) is 2. The van der Waals surface area contributed by atoms with Crippen LogP contribution in [0.1, 0.15) is 31.9 Å². The molecule has 1 atom stereocenters. The summed E-state index contributed by atoms with van der Waals surface area (Å²) in [6, 6.07) is 10.9. The van der Waals surface area contributed by atoms with E-state index < -0.39 is 0 Å². The van der Waals surface area contributed by atoms with Gasteiger partial charge < -0.3 is 5.32 Å². The fraction of sp³-hybridized carbons (Fsp3) is 0.400. The van der Waals surface area contributed by atoms with Crippen LogP contribution in [0.25, 0.3) is 11.3 Å². The van der Waals surface area contributed by atoms with E-state index >= 15 is 0 Å². The van der Waals surface area contributed by atoms with Gasteiger partial charge in [-0.1, -0.05) is 31.2 Å². The molecule has 1 aromatic carbocycles. The molecule has 0 aliphatic carbocycles. The van der Waals surface area contributed by atoms with Crippen molar-refractivity contribution >= 4 is 0 Å². The molecule has 3 nitrogen and oxygen atoms in total. The van der Waals surface area contributed by atoms with Gasteiger partial charge in [-0.25, -0.2) is 0 Å². The van der Waals surface area contributed by atoms with Crippen LogP contribution in [0.15, 0.2) is 36.5 Å². The lowest BCUT2D eigenvalue weighted by Gasteiger charge is -2.17. The van der Waals surface area contributed by atoms with Crippen LogP contribution in [0.4, 0.5) is 0 Å². The van der Waals surface area contributed by atoms with E-state index in [9.17, 15) is 0 Å². The fourth-order valence-corrected chi connectivity index (χ4v) is 2.22. The Bertz CT molecular complexity index is 502. The van der Waals surface area contributed by atoms with Gasteiger partial charge in [0.15, 0.2) is 0 Å². The summed E-state index contributed by atoms with van der Waals surface area (Å²) in [7, 11) is 1.98. The highest BCUT2D eigenvalue weighted by molar-refractivity contribution is 5.64. The third-order valence-electron chi connectivity index (χ3n) is 3.22. The van der Waals surface area contributed by atoms with Gasteiger partial charge in [0.1, 0.15) is 0 Å². The van der Waals surface area contributed by atoms with Crippen LogP contribution < -0.4 is 5.32 Å². The van der Waals surface area contributed by atoms with Crippen LogP contribution >= 0.6 is 0 Å². The molecule has 2 rings (SSSR count). The van der Waals surface area contributed by atoms with Crippen molar-refractivity contribution in [3.05, 3.63) is 42.1 Å². The van der Waals surface area contributed by atoms with E-state index in [0.717, 1.165) is 18.7 Å². The maximum absolute atomic E-state index is 4.25. The Morgan fingerprint density at radius 2 is 2.06 bits per heavy atom.